The predicted molar refractivity (Wildman–Crippen MR) is 93.1 cm³/mol. The van der Waals surface area contributed by atoms with Crippen LogP contribution in [0.1, 0.15) is 23.1 Å². The number of halogens is 1. The molecule has 1 aliphatic heterocycles. The van der Waals surface area contributed by atoms with Gasteiger partial charge in [0.1, 0.15) is 12.1 Å². The Balaban J connectivity index is 2.08. The van der Waals surface area contributed by atoms with Crippen LogP contribution in [0.4, 0.5) is 0 Å². The lowest BCUT2D eigenvalue weighted by Gasteiger charge is -2.19. The fourth-order valence-electron chi connectivity index (χ4n) is 3.42. The maximum Gasteiger partial charge on any atom is 0.323 e. The minimum Gasteiger partial charge on any atom is -0.468 e. The Labute approximate surface area is 149 Å². The first kappa shape index (κ1) is 17.4. The highest BCUT2D eigenvalue weighted by Crippen LogP contribution is 2.40. The van der Waals surface area contributed by atoms with E-state index in [1.54, 1.807) is 24.3 Å². The van der Waals surface area contributed by atoms with Crippen LogP contribution in [-0.2, 0) is 9.53 Å². The molecule has 3 rings (SSSR count). The van der Waals surface area contributed by atoms with Crippen LogP contribution in [0, 0.1) is 10.1 Å². The fraction of sp³-hybridized carbons (Fsp3) is 0.278. The molecule has 0 unspecified atom stereocenters. The van der Waals surface area contributed by atoms with Crippen molar-refractivity contribution in [2.75, 3.05) is 7.11 Å². The minimum atomic E-state index is -1.01. The van der Waals surface area contributed by atoms with E-state index < -0.39 is 30.0 Å². The molecular formula is C18H17ClN2O4. The second kappa shape index (κ2) is 7.21. The number of rotatable bonds is 4. The lowest BCUT2D eigenvalue weighted by Crippen LogP contribution is -2.37. The number of methoxy groups -OCH3 is 1. The summed E-state index contributed by atoms with van der Waals surface area (Å²) in [6.07, 6.45) is 0. The Hall–Kier alpha value is -2.44. The van der Waals surface area contributed by atoms with Crippen molar-refractivity contribution in [2.24, 2.45) is 0 Å². The monoisotopic (exact) mass is 360 g/mol. The van der Waals surface area contributed by atoms with E-state index in [-0.39, 0.29) is 4.92 Å². The molecule has 6 nitrogen and oxygen atoms in total. The summed E-state index contributed by atoms with van der Waals surface area (Å²) in [5.74, 6) is -1.19. The number of nitrogens with one attached hydrogen (secondary N) is 1. The zero-order chi connectivity index (χ0) is 18.0. The summed E-state index contributed by atoms with van der Waals surface area (Å²) in [7, 11) is 1.28. The molecule has 0 saturated carbocycles. The SMILES string of the molecule is COC(=O)[C@H]1N[C@@H](c2ccccc2)[C@@H]([N+](=O)[O-])[C@@H]1c1ccc(Cl)cc1. The molecule has 0 aromatic heterocycles. The third-order valence-electron chi connectivity index (χ3n) is 4.54. The van der Waals surface area contributed by atoms with Gasteiger partial charge in [-0.15, -0.1) is 0 Å². The van der Waals surface area contributed by atoms with Crippen LogP contribution in [0.25, 0.3) is 0 Å². The van der Waals surface area contributed by atoms with Crippen molar-refractivity contribution in [2.45, 2.75) is 24.0 Å². The van der Waals surface area contributed by atoms with Gasteiger partial charge in [0.05, 0.1) is 13.0 Å². The van der Waals surface area contributed by atoms with Crippen LogP contribution in [0.15, 0.2) is 54.6 Å². The summed E-state index contributed by atoms with van der Waals surface area (Å²) < 4.78 is 4.87. The summed E-state index contributed by atoms with van der Waals surface area (Å²) in [6, 6.07) is 13.4. The summed E-state index contributed by atoms with van der Waals surface area (Å²) in [5.41, 5.74) is 1.43. The lowest BCUT2D eigenvalue weighted by molar-refractivity contribution is -0.527. The average molecular weight is 361 g/mol. The van der Waals surface area contributed by atoms with E-state index >= 15 is 0 Å². The molecule has 25 heavy (non-hydrogen) atoms. The number of nitro groups is 1. The van der Waals surface area contributed by atoms with Gasteiger partial charge in [-0.05, 0) is 23.3 Å². The summed E-state index contributed by atoms with van der Waals surface area (Å²) >= 11 is 5.93. The molecule has 1 heterocycles. The molecule has 1 aliphatic rings. The highest BCUT2D eigenvalue weighted by molar-refractivity contribution is 6.30. The van der Waals surface area contributed by atoms with E-state index in [1.807, 2.05) is 30.3 Å². The highest BCUT2D eigenvalue weighted by Gasteiger charge is 2.54. The Bertz CT molecular complexity index is 766. The number of ether oxygens (including phenoxy) is 1. The zero-order valence-corrected chi connectivity index (χ0v) is 14.2. The molecule has 1 saturated heterocycles. The van der Waals surface area contributed by atoms with Gasteiger partial charge in [-0.2, -0.15) is 0 Å². The average Bonchev–Trinajstić information content (AvgIpc) is 3.03. The molecule has 0 amide bonds. The van der Waals surface area contributed by atoms with E-state index in [0.717, 1.165) is 5.56 Å². The van der Waals surface area contributed by atoms with Gasteiger partial charge in [-0.3, -0.25) is 20.2 Å². The van der Waals surface area contributed by atoms with E-state index in [4.69, 9.17) is 16.3 Å². The van der Waals surface area contributed by atoms with Crippen molar-refractivity contribution in [3.63, 3.8) is 0 Å². The molecule has 7 heteroatoms. The van der Waals surface area contributed by atoms with E-state index in [1.165, 1.54) is 7.11 Å². The van der Waals surface area contributed by atoms with Crippen molar-refractivity contribution in [1.29, 1.82) is 0 Å². The molecule has 130 valence electrons. The number of nitrogens with zero attached hydrogens (tertiary/aromatic N) is 1. The first-order chi connectivity index (χ1) is 12.0. The number of benzene rings is 2. The maximum absolute atomic E-state index is 12.3. The van der Waals surface area contributed by atoms with Gasteiger partial charge in [0.2, 0.25) is 6.04 Å². The number of hydrogen-bond acceptors (Lipinski definition) is 5. The number of carbonyl (C=O) groups excluding carboxylic acids is 1. The van der Waals surface area contributed by atoms with Gasteiger partial charge < -0.3 is 4.74 Å². The van der Waals surface area contributed by atoms with Crippen LogP contribution in [-0.4, -0.2) is 30.1 Å². The summed E-state index contributed by atoms with van der Waals surface area (Å²) in [6.45, 7) is 0. The largest absolute Gasteiger partial charge is 0.468 e. The van der Waals surface area contributed by atoms with Gasteiger partial charge >= 0.3 is 5.97 Å². The van der Waals surface area contributed by atoms with Crippen molar-refractivity contribution in [3.05, 3.63) is 80.9 Å². The van der Waals surface area contributed by atoms with Crippen molar-refractivity contribution < 1.29 is 14.5 Å². The van der Waals surface area contributed by atoms with Crippen molar-refractivity contribution in [3.8, 4) is 0 Å². The maximum atomic E-state index is 12.3. The molecule has 0 radical (unpaired) electrons. The smallest absolute Gasteiger partial charge is 0.323 e. The molecule has 0 bridgehead atoms. The second-order valence-corrected chi connectivity index (χ2v) is 6.35. The van der Waals surface area contributed by atoms with Crippen molar-refractivity contribution >= 4 is 17.6 Å². The van der Waals surface area contributed by atoms with Crippen LogP contribution in [0.3, 0.4) is 0 Å². The molecule has 1 fully saturated rings. The molecule has 2 aromatic rings. The standard InChI is InChI=1S/C18H17ClN2O4/c1-25-18(22)16-14(11-7-9-13(19)10-8-11)17(21(23)24)15(20-16)12-5-3-2-4-6-12/h2-10,14-17,20H,1H3/t14-,15+,16+,17+/m1/s1. The molecule has 0 aliphatic carbocycles. The lowest BCUT2D eigenvalue weighted by atomic mass is 9.85. The Morgan fingerprint density at radius 3 is 2.32 bits per heavy atom. The highest BCUT2D eigenvalue weighted by atomic mass is 35.5. The van der Waals surface area contributed by atoms with Gasteiger partial charge in [0.25, 0.3) is 0 Å². The number of esters is 1. The Kier molecular flexibility index (Phi) is 5.01. The van der Waals surface area contributed by atoms with Gasteiger partial charge in [-0.25, -0.2) is 0 Å². The summed E-state index contributed by atoms with van der Waals surface area (Å²) in [4.78, 5) is 23.8. The van der Waals surface area contributed by atoms with Gasteiger partial charge in [0.15, 0.2) is 0 Å². The van der Waals surface area contributed by atoms with Crippen LogP contribution >= 0.6 is 11.6 Å². The zero-order valence-electron chi connectivity index (χ0n) is 13.5. The molecular weight excluding hydrogens is 344 g/mol. The van der Waals surface area contributed by atoms with Crippen LogP contribution in [0.5, 0.6) is 0 Å². The molecule has 0 spiro atoms. The van der Waals surface area contributed by atoms with E-state index in [0.29, 0.717) is 10.6 Å². The first-order valence-corrected chi connectivity index (χ1v) is 8.18. The van der Waals surface area contributed by atoms with Crippen LogP contribution in [0.2, 0.25) is 5.02 Å². The Morgan fingerprint density at radius 1 is 1.12 bits per heavy atom. The first-order valence-electron chi connectivity index (χ1n) is 7.80. The van der Waals surface area contributed by atoms with E-state index in [2.05, 4.69) is 5.32 Å². The predicted octanol–water partition coefficient (Wildman–Crippen LogP) is 2.96. The quantitative estimate of drug-likeness (QED) is 0.515. The molecule has 1 N–H and O–H groups in total. The topological polar surface area (TPSA) is 81.5 Å². The Morgan fingerprint density at radius 2 is 1.76 bits per heavy atom. The molecule has 2 aromatic carbocycles. The normalized spacial score (nSPS) is 25.5. The second-order valence-electron chi connectivity index (χ2n) is 5.91. The molecule has 4 atom stereocenters. The van der Waals surface area contributed by atoms with Gasteiger partial charge in [0, 0.05) is 9.95 Å². The third kappa shape index (κ3) is 3.36. The number of hydrogen-bond donors (Lipinski definition) is 1. The fourth-order valence-corrected chi connectivity index (χ4v) is 3.55. The van der Waals surface area contributed by atoms with Gasteiger partial charge in [-0.1, -0.05) is 54.1 Å². The van der Waals surface area contributed by atoms with E-state index in [9.17, 15) is 14.9 Å². The summed E-state index contributed by atoms with van der Waals surface area (Å²) in [5, 5.41) is 15.5. The third-order valence-corrected chi connectivity index (χ3v) is 4.79. The van der Waals surface area contributed by atoms with Crippen LogP contribution < -0.4 is 5.32 Å². The minimum absolute atomic E-state index is 0.327. The van der Waals surface area contributed by atoms with Crippen molar-refractivity contribution in [1.82, 2.24) is 5.32 Å². The number of carbonyl (C=O) groups is 1.